The summed E-state index contributed by atoms with van der Waals surface area (Å²) in [7, 11) is 0. The molecule has 2 aromatic rings. The van der Waals surface area contributed by atoms with Gasteiger partial charge in [-0.3, -0.25) is 4.79 Å². The fourth-order valence-electron chi connectivity index (χ4n) is 2.61. The number of hydrogen-bond acceptors (Lipinski definition) is 3. The molecule has 24 heavy (non-hydrogen) atoms. The first-order valence-corrected chi connectivity index (χ1v) is 8.34. The van der Waals surface area contributed by atoms with Crippen LogP contribution in [0.2, 0.25) is 0 Å². The summed E-state index contributed by atoms with van der Waals surface area (Å²) in [6.07, 6.45) is 1.55. The second kappa shape index (κ2) is 6.65. The van der Waals surface area contributed by atoms with Crippen molar-refractivity contribution in [2.75, 3.05) is 0 Å². The first-order valence-electron chi connectivity index (χ1n) is 8.34. The van der Waals surface area contributed by atoms with E-state index in [1.807, 2.05) is 37.3 Å². The molecule has 0 spiro atoms. The Bertz CT molecular complexity index is 721. The van der Waals surface area contributed by atoms with Crippen LogP contribution in [0.1, 0.15) is 42.5 Å². The van der Waals surface area contributed by atoms with Gasteiger partial charge in [-0.15, -0.1) is 0 Å². The van der Waals surface area contributed by atoms with Gasteiger partial charge in [-0.25, -0.2) is 0 Å². The number of aryl methyl sites for hydroxylation is 1. The average Bonchev–Trinajstić information content (AvgIpc) is 3.32. The van der Waals surface area contributed by atoms with Gasteiger partial charge in [0.2, 0.25) is 5.91 Å². The SMILES string of the molecule is Cc1cccc(COc2ccc(C(C)NC(=O)C3(N)CC3)cc2)c1. The quantitative estimate of drug-likeness (QED) is 0.857. The van der Waals surface area contributed by atoms with Crippen LogP contribution in [0, 0.1) is 6.92 Å². The van der Waals surface area contributed by atoms with E-state index in [2.05, 4.69) is 30.4 Å². The van der Waals surface area contributed by atoms with Gasteiger partial charge in [0.25, 0.3) is 0 Å². The zero-order valence-electron chi connectivity index (χ0n) is 14.2. The molecule has 1 amide bonds. The third-order valence-corrected chi connectivity index (χ3v) is 4.46. The molecule has 0 radical (unpaired) electrons. The Hall–Kier alpha value is -2.33. The van der Waals surface area contributed by atoms with Gasteiger partial charge in [-0.1, -0.05) is 42.0 Å². The number of carbonyl (C=O) groups is 1. The fourth-order valence-corrected chi connectivity index (χ4v) is 2.61. The van der Waals surface area contributed by atoms with Gasteiger partial charge in [0.05, 0.1) is 11.6 Å². The van der Waals surface area contributed by atoms with Crippen LogP contribution >= 0.6 is 0 Å². The molecule has 0 bridgehead atoms. The van der Waals surface area contributed by atoms with E-state index < -0.39 is 5.54 Å². The number of nitrogens with two attached hydrogens (primary N) is 1. The van der Waals surface area contributed by atoms with Crippen molar-refractivity contribution in [2.24, 2.45) is 5.73 Å². The van der Waals surface area contributed by atoms with Crippen molar-refractivity contribution in [1.82, 2.24) is 5.32 Å². The summed E-state index contributed by atoms with van der Waals surface area (Å²) in [5, 5.41) is 2.98. The topological polar surface area (TPSA) is 64.3 Å². The van der Waals surface area contributed by atoms with Crippen LogP contribution < -0.4 is 15.8 Å². The second-order valence-electron chi connectivity index (χ2n) is 6.70. The molecule has 1 atom stereocenters. The van der Waals surface area contributed by atoms with Gasteiger partial charge in [-0.2, -0.15) is 0 Å². The minimum atomic E-state index is -0.634. The number of carbonyl (C=O) groups excluding carboxylic acids is 1. The molecule has 1 unspecified atom stereocenters. The van der Waals surface area contributed by atoms with E-state index in [4.69, 9.17) is 10.5 Å². The van der Waals surface area contributed by atoms with Crippen molar-refractivity contribution >= 4 is 5.91 Å². The van der Waals surface area contributed by atoms with Gasteiger partial charge < -0.3 is 15.8 Å². The molecule has 3 N–H and O–H groups in total. The summed E-state index contributed by atoms with van der Waals surface area (Å²) in [4.78, 5) is 12.0. The number of rotatable bonds is 6. The first-order chi connectivity index (χ1) is 11.5. The molecular weight excluding hydrogens is 300 g/mol. The molecule has 3 rings (SSSR count). The molecule has 1 aliphatic rings. The summed E-state index contributed by atoms with van der Waals surface area (Å²) >= 11 is 0. The van der Waals surface area contributed by atoms with E-state index in [9.17, 15) is 4.79 Å². The largest absolute Gasteiger partial charge is 0.489 e. The molecule has 0 heterocycles. The minimum Gasteiger partial charge on any atom is -0.489 e. The Balaban J connectivity index is 1.55. The first kappa shape index (κ1) is 16.5. The molecular formula is C20H24N2O2. The maximum atomic E-state index is 12.0. The summed E-state index contributed by atoms with van der Waals surface area (Å²) in [5.74, 6) is 0.756. The predicted molar refractivity (Wildman–Crippen MR) is 94.7 cm³/mol. The van der Waals surface area contributed by atoms with Gasteiger partial charge >= 0.3 is 0 Å². The standard InChI is InChI=1S/C20H24N2O2/c1-14-4-3-5-16(12-14)13-24-18-8-6-17(7-9-18)15(2)22-19(23)20(21)10-11-20/h3-9,12,15H,10-11,13,21H2,1-2H3,(H,22,23). The Kier molecular flexibility index (Phi) is 4.58. The van der Waals surface area contributed by atoms with Gasteiger partial charge in [0.15, 0.2) is 0 Å². The summed E-state index contributed by atoms with van der Waals surface area (Å²) in [5.41, 5.74) is 8.69. The molecule has 126 valence electrons. The molecule has 1 fully saturated rings. The van der Waals surface area contributed by atoms with E-state index in [0.29, 0.717) is 6.61 Å². The molecule has 4 heteroatoms. The maximum Gasteiger partial charge on any atom is 0.240 e. The number of ether oxygens (including phenoxy) is 1. The highest BCUT2D eigenvalue weighted by molar-refractivity contribution is 5.89. The predicted octanol–water partition coefficient (Wildman–Crippen LogP) is 3.24. The molecule has 4 nitrogen and oxygen atoms in total. The van der Waals surface area contributed by atoms with Crippen molar-refractivity contribution < 1.29 is 9.53 Å². The lowest BCUT2D eigenvalue weighted by molar-refractivity contribution is -0.123. The lowest BCUT2D eigenvalue weighted by Crippen LogP contribution is -2.43. The number of nitrogens with one attached hydrogen (secondary N) is 1. The van der Waals surface area contributed by atoms with Crippen molar-refractivity contribution in [2.45, 2.75) is 44.9 Å². The zero-order chi connectivity index (χ0) is 17.2. The van der Waals surface area contributed by atoms with Crippen LogP contribution in [0.3, 0.4) is 0 Å². The fraction of sp³-hybridized carbons (Fsp3) is 0.350. The average molecular weight is 324 g/mol. The van der Waals surface area contributed by atoms with E-state index in [1.54, 1.807) is 0 Å². The third kappa shape index (κ3) is 3.95. The second-order valence-corrected chi connectivity index (χ2v) is 6.70. The van der Waals surface area contributed by atoms with Crippen LogP contribution in [0.25, 0.3) is 0 Å². The highest BCUT2D eigenvalue weighted by Gasteiger charge is 2.46. The number of hydrogen-bond donors (Lipinski definition) is 2. The smallest absolute Gasteiger partial charge is 0.240 e. The summed E-state index contributed by atoms with van der Waals surface area (Å²) < 4.78 is 5.82. The summed E-state index contributed by atoms with van der Waals surface area (Å²) in [6.45, 7) is 4.58. The highest BCUT2D eigenvalue weighted by Crippen LogP contribution is 2.33. The molecule has 0 aromatic heterocycles. The Morgan fingerprint density at radius 1 is 1.25 bits per heavy atom. The molecule has 1 saturated carbocycles. The van der Waals surface area contributed by atoms with Crippen molar-refractivity contribution in [3.8, 4) is 5.75 Å². The third-order valence-electron chi connectivity index (χ3n) is 4.46. The van der Waals surface area contributed by atoms with Crippen molar-refractivity contribution in [1.29, 1.82) is 0 Å². The van der Waals surface area contributed by atoms with E-state index in [0.717, 1.165) is 29.7 Å². The van der Waals surface area contributed by atoms with Crippen molar-refractivity contribution in [3.63, 3.8) is 0 Å². The monoisotopic (exact) mass is 324 g/mol. The van der Waals surface area contributed by atoms with Crippen LogP contribution in [0.15, 0.2) is 48.5 Å². The Morgan fingerprint density at radius 3 is 2.58 bits per heavy atom. The van der Waals surface area contributed by atoms with Crippen LogP contribution in [0.5, 0.6) is 5.75 Å². The van der Waals surface area contributed by atoms with E-state index >= 15 is 0 Å². The van der Waals surface area contributed by atoms with Crippen LogP contribution in [-0.2, 0) is 11.4 Å². The van der Waals surface area contributed by atoms with Crippen LogP contribution in [0.4, 0.5) is 0 Å². The highest BCUT2D eigenvalue weighted by atomic mass is 16.5. The van der Waals surface area contributed by atoms with E-state index in [-0.39, 0.29) is 11.9 Å². The minimum absolute atomic E-state index is 0.0604. The zero-order valence-corrected chi connectivity index (χ0v) is 14.2. The normalized spacial score (nSPS) is 16.3. The number of amides is 1. The maximum absolute atomic E-state index is 12.0. The molecule has 2 aromatic carbocycles. The van der Waals surface area contributed by atoms with Crippen LogP contribution in [-0.4, -0.2) is 11.4 Å². The molecule has 0 saturated heterocycles. The Morgan fingerprint density at radius 2 is 1.96 bits per heavy atom. The lowest BCUT2D eigenvalue weighted by Gasteiger charge is -2.17. The van der Waals surface area contributed by atoms with Gasteiger partial charge in [0, 0.05) is 0 Å². The molecule has 1 aliphatic carbocycles. The van der Waals surface area contributed by atoms with E-state index in [1.165, 1.54) is 5.56 Å². The lowest BCUT2D eigenvalue weighted by atomic mass is 10.1. The summed E-state index contributed by atoms with van der Waals surface area (Å²) in [6, 6.07) is 16.0. The number of benzene rings is 2. The Labute approximate surface area is 143 Å². The van der Waals surface area contributed by atoms with Crippen molar-refractivity contribution in [3.05, 3.63) is 65.2 Å². The molecule has 0 aliphatic heterocycles. The van der Waals surface area contributed by atoms with Gasteiger partial charge in [-0.05, 0) is 49.9 Å². The van der Waals surface area contributed by atoms with Gasteiger partial charge in [0.1, 0.15) is 12.4 Å².